The van der Waals surface area contributed by atoms with Crippen LogP contribution in [0.3, 0.4) is 0 Å². The molecule has 0 aromatic carbocycles. The molecule has 1 N–H and O–H groups in total. The summed E-state index contributed by atoms with van der Waals surface area (Å²) in [7, 11) is 0. The summed E-state index contributed by atoms with van der Waals surface area (Å²) in [6, 6.07) is 0. The summed E-state index contributed by atoms with van der Waals surface area (Å²) in [5, 5.41) is 8.06. The van der Waals surface area contributed by atoms with Gasteiger partial charge in [-0.05, 0) is 0 Å². The Kier molecular flexibility index (Phi) is 9.04. The largest absolute Gasteiger partial charge is 0.480 e. The first kappa shape index (κ1) is 36.0. The van der Waals surface area contributed by atoms with E-state index in [4.69, 9.17) is 5.11 Å². The monoisotopic (exact) mass is 622 g/mol. The van der Waals surface area contributed by atoms with Gasteiger partial charge in [0.15, 0.2) is 0 Å². The first-order valence-electron chi connectivity index (χ1n) is 8.43. The van der Waals surface area contributed by atoms with Crippen LogP contribution in [0.5, 0.6) is 0 Å². The van der Waals surface area contributed by atoms with Crippen LogP contribution in [0.25, 0.3) is 0 Å². The van der Waals surface area contributed by atoms with Crippen LogP contribution in [-0.4, -0.2) is 83.8 Å². The van der Waals surface area contributed by atoms with Crippen molar-refractivity contribution in [2.24, 2.45) is 0 Å². The minimum absolute atomic E-state index is 1.66. The van der Waals surface area contributed by atoms with E-state index in [0.29, 0.717) is 0 Å². The normalized spacial score (nSPS) is 16.1. The molecule has 0 aromatic rings. The Balaban J connectivity index is 6.76. The molecular formula is C14H7F21O3. The smallest absolute Gasteiger partial charge is 0.460 e. The van der Waals surface area contributed by atoms with Gasteiger partial charge in [0.2, 0.25) is 0 Å². The fraction of sp³-hybridized carbons (Fsp3) is 0.929. The molecule has 0 unspecified atom stereocenters. The molecule has 0 spiro atoms. The lowest BCUT2D eigenvalue weighted by Crippen LogP contribution is -2.76. The summed E-state index contributed by atoms with van der Waals surface area (Å²) in [6.07, 6.45) is -11.0. The number of carbonyl (C=O) groups is 1. The van der Waals surface area contributed by atoms with E-state index in [9.17, 15) is 97.0 Å². The van der Waals surface area contributed by atoms with Gasteiger partial charge in [-0.2, -0.15) is 92.2 Å². The number of carboxylic acids is 1. The molecule has 0 aliphatic rings. The quantitative estimate of drug-likeness (QED) is 0.183. The first-order valence-corrected chi connectivity index (χ1v) is 8.43. The third kappa shape index (κ3) is 4.88. The molecule has 0 amide bonds. The van der Waals surface area contributed by atoms with E-state index in [2.05, 4.69) is 4.74 Å². The SMILES string of the molecule is O=C(O)COCCC(F)(F)C(F)(F)C(F)(F)C(F)(F)C(F)(F)C(F)(F)C(F)(F)C(F)(F)C(F)(F)C(F)(F)F. The summed E-state index contributed by atoms with van der Waals surface area (Å²) in [4.78, 5) is 10.0. The number of ether oxygens (including phenoxy) is 1. The Labute approximate surface area is 193 Å². The molecule has 0 saturated carbocycles. The Morgan fingerprint density at radius 3 is 1.00 bits per heavy atom. The molecular weight excluding hydrogens is 615 g/mol. The number of hydrogen-bond acceptors (Lipinski definition) is 2. The van der Waals surface area contributed by atoms with Crippen molar-refractivity contribution in [2.45, 2.75) is 65.9 Å². The second-order valence-corrected chi connectivity index (χ2v) is 6.99. The summed E-state index contributed by atoms with van der Waals surface area (Å²) in [5.41, 5.74) is 0. The van der Waals surface area contributed by atoms with Crippen LogP contribution >= 0.6 is 0 Å². The van der Waals surface area contributed by atoms with Crippen LogP contribution in [0.2, 0.25) is 0 Å². The molecule has 24 heteroatoms. The van der Waals surface area contributed by atoms with Gasteiger partial charge in [0, 0.05) is 6.42 Å². The van der Waals surface area contributed by atoms with Crippen molar-refractivity contribution in [3.63, 3.8) is 0 Å². The standard InChI is InChI=1S/C14H7F21O3/c15-5(16,1-2-38-3-4(36)37)6(17,18)7(19,20)8(21,22)9(23,24)10(25,26)11(27,28)12(29,30)13(31,32)14(33,34)35/h1-3H2,(H,36,37). The van der Waals surface area contributed by atoms with E-state index < -0.39 is 85.1 Å². The third-order valence-corrected chi connectivity index (χ3v) is 4.36. The van der Waals surface area contributed by atoms with Crippen LogP contribution < -0.4 is 0 Å². The molecule has 0 fully saturated rings. The Hall–Kier alpha value is -2.04. The number of alkyl halides is 21. The van der Waals surface area contributed by atoms with E-state index in [1.54, 1.807) is 0 Å². The van der Waals surface area contributed by atoms with Gasteiger partial charge >= 0.3 is 65.4 Å². The van der Waals surface area contributed by atoms with Crippen LogP contribution in [0.1, 0.15) is 6.42 Å². The summed E-state index contributed by atoms with van der Waals surface area (Å²) in [6.45, 7) is -3.76. The highest BCUT2D eigenvalue weighted by molar-refractivity contribution is 5.67. The number of rotatable bonds is 13. The maximum atomic E-state index is 13.6. The topological polar surface area (TPSA) is 46.5 Å². The molecule has 0 heterocycles. The van der Waals surface area contributed by atoms with E-state index >= 15 is 0 Å². The van der Waals surface area contributed by atoms with Crippen molar-refractivity contribution in [1.82, 2.24) is 0 Å². The summed E-state index contributed by atoms with van der Waals surface area (Å²) in [5.74, 6) is -79.6. The van der Waals surface area contributed by atoms with Crippen LogP contribution in [0.15, 0.2) is 0 Å². The lowest BCUT2D eigenvalue weighted by atomic mass is 9.86. The van der Waals surface area contributed by atoms with E-state index in [1.807, 2.05) is 0 Å². The number of carboxylic acid groups (broad SMARTS) is 1. The van der Waals surface area contributed by atoms with Crippen molar-refractivity contribution in [1.29, 1.82) is 0 Å². The molecule has 0 aromatic heterocycles. The average molecular weight is 622 g/mol. The molecule has 0 saturated heterocycles. The van der Waals surface area contributed by atoms with E-state index in [-0.39, 0.29) is 0 Å². The molecule has 228 valence electrons. The summed E-state index contributed by atoms with van der Waals surface area (Å²) >= 11 is 0. The predicted octanol–water partition coefficient (Wildman–Crippen LogP) is 6.76. The fourth-order valence-corrected chi connectivity index (χ4v) is 2.11. The zero-order valence-corrected chi connectivity index (χ0v) is 16.8. The Morgan fingerprint density at radius 2 is 0.737 bits per heavy atom. The first-order chi connectivity index (χ1) is 16.2. The molecule has 38 heavy (non-hydrogen) atoms. The second kappa shape index (κ2) is 9.55. The van der Waals surface area contributed by atoms with Crippen LogP contribution in [-0.2, 0) is 9.53 Å². The van der Waals surface area contributed by atoms with Crippen LogP contribution in [0, 0.1) is 0 Å². The Morgan fingerprint density at radius 1 is 0.474 bits per heavy atom. The number of halogens is 21. The van der Waals surface area contributed by atoms with Gasteiger partial charge in [0.1, 0.15) is 6.61 Å². The zero-order chi connectivity index (χ0) is 31.4. The van der Waals surface area contributed by atoms with Gasteiger partial charge in [-0.3, -0.25) is 0 Å². The highest BCUT2D eigenvalue weighted by Gasteiger charge is 2.97. The third-order valence-electron chi connectivity index (χ3n) is 4.36. The number of hydrogen-bond donors (Lipinski definition) is 1. The molecule has 0 bridgehead atoms. The predicted molar refractivity (Wildman–Crippen MR) is 73.6 cm³/mol. The highest BCUT2D eigenvalue weighted by Crippen LogP contribution is 2.66. The fourth-order valence-electron chi connectivity index (χ4n) is 2.11. The lowest BCUT2D eigenvalue weighted by Gasteiger charge is -2.44. The van der Waals surface area contributed by atoms with E-state index in [1.165, 1.54) is 0 Å². The van der Waals surface area contributed by atoms with Crippen LogP contribution in [0.4, 0.5) is 92.2 Å². The van der Waals surface area contributed by atoms with Gasteiger partial charge in [0.05, 0.1) is 6.61 Å². The molecule has 0 aliphatic heterocycles. The maximum Gasteiger partial charge on any atom is 0.460 e. The highest BCUT2D eigenvalue weighted by atomic mass is 19.4. The van der Waals surface area contributed by atoms with E-state index in [0.717, 1.165) is 0 Å². The van der Waals surface area contributed by atoms with Gasteiger partial charge in [-0.1, -0.05) is 0 Å². The minimum atomic E-state index is -9.22. The van der Waals surface area contributed by atoms with Crippen molar-refractivity contribution in [3.8, 4) is 0 Å². The average Bonchev–Trinajstić information content (AvgIpc) is 2.68. The summed E-state index contributed by atoms with van der Waals surface area (Å²) < 4.78 is 279. The number of aliphatic carboxylic acids is 1. The van der Waals surface area contributed by atoms with Crippen molar-refractivity contribution in [3.05, 3.63) is 0 Å². The molecule has 0 rings (SSSR count). The van der Waals surface area contributed by atoms with Crippen molar-refractivity contribution < 1.29 is 107 Å². The van der Waals surface area contributed by atoms with Gasteiger partial charge in [-0.25, -0.2) is 4.79 Å². The van der Waals surface area contributed by atoms with Gasteiger partial charge < -0.3 is 9.84 Å². The minimum Gasteiger partial charge on any atom is -0.480 e. The molecule has 0 atom stereocenters. The maximum absolute atomic E-state index is 13.6. The molecule has 0 aliphatic carbocycles. The zero-order valence-electron chi connectivity index (χ0n) is 16.8. The lowest BCUT2D eigenvalue weighted by molar-refractivity contribution is -0.474. The van der Waals surface area contributed by atoms with Gasteiger partial charge in [-0.15, -0.1) is 0 Å². The van der Waals surface area contributed by atoms with Gasteiger partial charge in [0.25, 0.3) is 0 Å². The van der Waals surface area contributed by atoms with Crippen molar-refractivity contribution in [2.75, 3.05) is 13.2 Å². The van der Waals surface area contributed by atoms with Crippen molar-refractivity contribution >= 4 is 5.97 Å². The Bertz CT molecular complexity index is 858. The molecule has 3 nitrogen and oxygen atoms in total. The molecule has 0 radical (unpaired) electrons. The second-order valence-electron chi connectivity index (χ2n) is 6.99.